The largest absolute Gasteiger partial charge is 0.383 e. The van der Waals surface area contributed by atoms with Crippen molar-refractivity contribution < 1.29 is 4.92 Å². The van der Waals surface area contributed by atoms with Crippen molar-refractivity contribution in [3.8, 4) is 0 Å². The van der Waals surface area contributed by atoms with Gasteiger partial charge in [0.25, 0.3) is 5.69 Å². The van der Waals surface area contributed by atoms with Crippen LogP contribution in [0.15, 0.2) is 18.2 Å². The van der Waals surface area contributed by atoms with Crippen LogP contribution >= 0.6 is 24.0 Å². The summed E-state index contributed by atoms with van der Waals surface area (Å²) in [4.78, 5) is 12.4. The molecule has 0 unspecified atom stereocenters. The third-order valence-electron chi connectivity index (χ3n) is 2.80. The smallest absolute Gasteiger partial charge is 0.271 e. The maximum absolute atomic E-state index is 10.6. The molecule has 1 N–H and O–H groups in total. The molecule has 0 radical (unpaired) electrons. The maximum Gasteiger partial charge on any atom is 0.271 e. The van der Waals surface area contributed by atoms with Gasteiger partial charge in [-0.2, -0.15) is 0 Å². The van der Waals surface area contributed by atoms with Crippen LogP contribution in [0.25, 0.3) is 0 Å². The average molecular weight is 308 g/mol. The normalized spacial score (nSPS) is 10.1. The fourth-order valence-electron chi connectivity index (χ4n) is 1.65. The number of anilines is 1. The van der Waals surface area contributed by atoms with Gasteiger partial charge in [0.2, 0.25) is 0 Å². The molecule has 0 aliphatic carbocycles. The van der Waals surface area contributed by atoms with Crippen LogP contribution in [0.3, 0.4) is 0 Å². The Kier molecular flexibility index (Phi) is 8.47. The molecule has 0 atom stereocenters. The Bertz CT molecular complexity index is 412. The van der Waals surface area contributed by atoms with Crippen LogP contribution in [0.2, 0.25) is 5.02 Å². The number of likely N-dealkylation sites (N-methyl/N-ethyl adjacent to an activating group) is 1. The minimum absolute atomic E-state index is 0. The van der Waals surface area contributed by atoms with Crippen molar-refractivity contribution in [1.29, 1.82) is 0 Å². The Morgan fingerprint density at radius 1 is 1.37 bits per heavy atom. The van der Waals surface area contributed by atoms with Crippen molar-refractivity contribution in [2.24, 2.45) is 0 Å². The molecule has 1 aromatic carbocycles. The highest BCUT2D eigenvalue weighted by Gasteiger charge is 2.09. The Hall–Kier alpha value is -1.04. The average Bonchev–Trinajstić information content (AvgIpc) is 2.36. The molecule has 0 aromatic heterocycles. The zero-order valence-corrected chi connectivity index (χ0v) is 12.6. The van der Waals surface area contributed by atoms with E-state index in [-0.39, 0.29) is 18.1 Å². The van der Waals surface area contributed by atoms with Gasteiger partial charge in [-0.3, -0.25) is 10.1 Å². The molecule has 0 fully saturated rings. The van der Waals surface area contributed by atoms with Crippen molar-refractivity contribution in [2.45, 2.75) is 13.8 Å². The lowest BCUT2D eigenvalue weighted by molar-refractivity contribution is -0.384. The number of nitrogens with zero attached hydrogens (tertiary/aromatic N) is 2. The number of nitro benzene ring substituents is 1. The van der Waals surface area contributed by atoms with Gasteiger partial charge in [-0.15, -0.1) is 12.4 Å². The second-order valence-corrected chi connectivity index (χ2v) is 4.28. The topological polar surface area (TPSA) is 58.4 Å². The number of hydrogen-bond acceptors (Lipinski definition) is 4. The lowest BCUT2D eigenvalue weighted by Gasteiger charge is -2.18. The van der Waals surface area contributed by atoms with E-state index in [0.717, 1.165) is 31.9 Å². The van der Waals surface area contributed by atoms with E-state index in [1.54, 1.807) is 6.07 Å². The predicted molar refractivity (Wildman–Crippen MR) is 81.6 cm³/mol. The van der Waals surface area contributed by atoms with Crippen LogP contribution in [-0.2, 0) is 0 Å². The summed E-state index contributed by atoms with van der Waals surface area (Å²) >= 11 is 5.98. The summed E-state index contributed by atoms with van der Waals surface area (Å²) in [6.07, 6.45) is 0. The van der Waals surface area contributed by atoms with E-state index in [0.29, 0.717) is 5.02 Å². The Labute approximate surface area is 124 Å². The number of halogens is 2. The fourth-order valence-corrected chi connectivity index (χ4v) is 1.89. The monoisotopic (exact) mass is 307 g/mol. The summed E-state index contributed by atoms with van der Waals surface area (Å²) in [5.74, 6) is 0. The van der Waals surface area contributed by atoms with E-state index in [1.165, 1.54) is 12.1 Å². The molecule has 1 rings (SSSR count). The van der Waals surface area contributed by atoms with Gasteiger partial charge in [0.05, 0.1) is 15.6 Å². The summed E-state index contributed by atoms with van der Waals surface area (Å²) in [6.45, 7) is 7.92. The van der Waals surface area contributed by atoms with E-state index in [2.05, 4.69) is 24.1 Å². The molecular weight excluding hydrogens is 289 g/mol. The summed E-state index contributed by atoms with van der Waals surface area (Å²) < 4.78 is 0. The quantitative estimate of drug-likeness (QED) is 0.619. The highest BCUT2D eigenvalue weighted by molar-refractivity contribution is 6.33. The number of nitro groups is 1. The number of hydrogen-bond donors (Lipinski definition) is 1. The molecule has 5 nitrogen and oxygen atoms in total. The molecule has 0 spiro atoms. The van der Waals surface area contributed by atoms with Crippen molar-refractivity contribution >= 4 is 35.4 Å². The summed E-state index contributed by atoms with van der Waals surface area (Å²) in [5.41, 5.74) is 0.740. The Balaban J connectivity index is 0.00000324. The van der Waals surface area contributed by atoms with Gasteiger partial charge >= 0.3 is 0 Å². The number of nitrogens with one attached hydrogen (secondary N) is 1. The molecule has 108 valence electrons. The zero-order valence-electron chi connectivity index (χ0n) is 11.1. The van der Waals surface area contributed by atoms with E-state index in [1.807, 2.05) is 0 Å². The van der Waals surface area contributed by atoms with Crippen molar-refractivity contribution in [3.05, 3.63) is 33.3 Å². The number of non-ortho nitro benzene ring substituents is 1. The van der Waals surface area contributed by atoms with Gasteiger partial charge in [-0.25, -0.2) is 0 Å². The highest BCUT2D eigenvalue weighted by Crippen LogP contribution is 2.26. The van der Waals surface area contributed by atoms with Crippen LogP contribution in [0.4, 0.5) is 11.4 Å². The highest BCUT2D eigenvalue weighted by atomic mass is 35.5. The van der Waals surface area contributed by atoms with E-state index in [9.17, 15) is 10.1 Å². The summed E-state index contributed by atoms with van der Waals surface area (Å²) in [7, 11) is 0. The zero-order chi connectivity index (χ0) is 13.5. The van der Waals surface area contributed by atoms with Crippen LogP contribution in [-0.4, -0.2) is 36.0 Å². The van der Waals surface area contributed by atoms with E-state index >= 15 is 0 Å². The molecule has 0 saturated carbocycles. The SMILES string of the molecule is CCN(CC)CCNc1ccc([N+](=O)[O-])cc1Cl.Cl. The van der Waals surface area contributed by atoms with Gasteiger partial charge < -0.3 is 10.2 Å². The molecule has 0 aliphatic rings. The first-order valence-corrected chi connectivity index (χ1v) is 6.36. The first-order valence-electron chi connectivity index (χ1n) is 5.98. The first-order chi connectivity index (χ1) is 8.58. The third kappa shape index (κ3) is 5.63. The molecule has 0 bridgehead atoms. The molecular formula is C12H19Cl2N3O2. The predicted octanol–water partition coefficient (Wildman–Crippen LogP) is 3.42. The van der Waals surface area contributed by atoms with Gasteiger partial charge in [-0.1, -0.05) is 25.4 Å². The lowest BCUT2D eigenvalue weighted by atomic mass is 10.3. The minimum Gasteiger partial charge on any atom is -0.383 e. The number of benzene rings is 1. The lowest BCUT2D eigenvalue weighted by Crippen LogP contribution is -2.28. The summed E-state index contributed by atoms with van der Waals surface area (Å²) in [5, 5.41) is 14.1. The molecule has 0 aliphatic heterocycles. The Morgan fingerprint density at radius 2 is 2.00 bits per heavy atom. The standard InChI is InChI=1S/C12H18ClN3O2.ClH/c1-3-15(4-2)8-7-14-12-6-5-10(16(17)18)9-11(12)13;/h5-6,9,14H,3-4,7-8H2,1-2H3;1H. The second-order valence-electron chi connectivity index (χ2n) is 3.87. The molecule has 1 aromatic rings. The van der Waals surface area contributed by atoms with Gasteiger partial charge in [0.1, 0.15) is 0 Å². The third-order valence-corrected chi connectivity index (χ3v) is 3.11. The maximum atomic E-state index is 10.6. The van der Waals surface area contributed by atoms with Crippen LogP contribution in [0.5, 0.6) is 0 Å². The summed E-state index contributed by atoms with van der Waals surface area (Å²) in [6, 6.07) is 4.45. The van der Waals surface area contributed by atoms with Gasteiger partial charge in [0, 0.05) is 25.2 Å². The molecule has 19 heavy (non-hydrogen) atoms. The van der Waals surface area contributed by atoms with E-state index in [4.69, 9.17) is 11.6 Å². The molecule has 7 heteroatoms. The molecule has 0 saturated heterocycles. The number of rotatable bonds is 7. The first kappa shape index (κ1) is 18.0. The molecule has 0 heterocycles. The van der Waals surface area contributed by atoms with Crippen LogP contribution in [0.1, 0.15) is 13.8 Å². The van der Waals surface area contributed by atoms with Gasteiger partial charge in [0.15, 0.2) is 0 Å². The van der Waals surface area contributed by atoms with Gasteiger partial charge in [-0.05, 0) is 19.2 Å². The van der Waals surface area contributed by atoms with Crippen LogP contribution < -0.4 is 5.32 Å². The molecule has 0 amide bonds. The van der Waals surface area contributed by atoms with Crippen molar-refractivity contribution in [1.82, 2.24) is 4.90 Å². The second kappa shape index (κ2) is 8.96. The fraction of sp³-hybridized carbons (Fsp3) is 0.500. The van der Waals surface area contributed by atoms with E-state index < -0.39 is 4.92 Å². The minimum atomic E-state index is -0.453. The Morgan fingerprint density at radius 3 is 2.47 bits per heavy atom. The van der Waals surface area contributed by atoms with Crippen molar-refractivity contribution in [3.63, 3.8) is 0 Å². The van der Waals surface area contributed by atoms with Crippen LogP contribution in [0, 0.1) is 10.1 Å². The van der Waals surface area contributed by atoms with Crippen molar-refractivity contribution in [2.75, 3.05) is 31.5 Å².